The minimum atomic E-state index is -0.651. The summed E-state index contributed by atoms with van der Waals surface area (Å²) >= 11 is 11.9. The Bertz CT molecular complexity index is 930. The quantitative estimate of drug-likeness (QED) is 0.272. The fourth-order valence-corrected chi connectivity index (χ4v) is 3.23. The van der Waals surface area contributed by atoms with Crippen molar-refractivity contribution in [1.82, 2.24) is 0 Å². The summed E-state index contributed by atoms with van der Waals surface area (Å²) in [7, 11) is 0. The number of carbonyl (C=O) groups excluding carboxylic acids is 1. The molecule has 1 aliphatic rings. The van der Waals surface area contributed by atoms with E-state index in [1.807, 2.05) is 0 Å². The van der Waals surface area contributed by atoms with Crippen molar-refractivity contribution in [3.63, 3.8) is 0 Å². The normalized spacial score (nSPS) is 14.8. The topological polar surface area (TPSA) is 116 Å². The Morgan fingerprint density at radius 2 is 2.04 bits per heavy atom. The molecule has 1 heterocycles. The van der Waals surface area contributed by atoms with Crippen LogP contribution >= 0.6 is 23.2 Å². The Labute approximate surface area is 159 Å². The number of guanidine groups is 1. The summed E-state index contributed by atoms with van der Waals surface area (Å²) in [5.41, 5.74) is 12.7. The molecule has 0 saturated heterocycles. The second kappa shape index (κ2) is 7.39. The Kier molecular flexibility index (Phi) is 5.20. The number of hydrogen-bond donors (Lipinski definition) is 2. The molecule has 1 aliphatic carbocycles. The van der Waals surface area contributed by atoms with E-state index >= 15 is 0 Å². The molecule has 26 heavy (non-hydrogen) atoms. The highest BCUT2D eigenvalue weighted by atomic mass is 35.5. The van der Waals surface area contributed by atoms with Crippen molar-refractivity contribution >= 4 is 40.8 Å². The summed E-state index contributed by atoms with van der Waals surface area (Å²) in [5, 5.41) is 8.45. The molecule has 3 rings (SSSR count). The van der Waals surface area contributed by atoms with Crippen molar-refractivity contribution < 1.29 is 13.9 Å². The van der Waals surface area contributed by atoms with Gasteiger partial charge < -0.3 is 20.6 Å². The lowest BCUT2D eigenvalue weighted by Crippen LogP contribution is -2.22. The highest BCUT2D eigenvalue weighted by Gasteiger charge is 2.29. The third kappa shape index (κ3) is 3.68. The number of nitrogens with zero attached hydrogens (tertiary/aromatic N) is 2. The molecule has 0 saturated carbocycles. The van der Waals surface area contributed by atoms with Gasteiger partial charge >= 0.3 is 5.97 Å². The average molecular weight is 395 g/mol. The zero-order valence-corrected chi connectivity index (χ0v) is 15.4. The molecule has 1 aromatic carbocycles. The molecule has 9 heteroatoms. The fraction of sp³-hybridized carbons (Fsp3) is 0.235. The maximum atomic E-state index is 12.5. The van der Waals surface area contributed by atoms with Crippen LogP contribution in [-0.2, 0) is 6.42 Å². The molecule has 4 N–H and O–H groups in total. The van der Waals surface area contributed by atoms with Crippen LogP contribution in [-0.4, -0.2) is 17.6 Å². The Hall–Kier alpha value is -2.51. The van der Waals surface area contributed by atoms with E-state index in [1.54, 1.807) is 13.0 Å². The molecule has 0 radical (unpaired) electrons. The average Bonchev–Trinajstić information content (AvgIpc) is 2.93. The molecule has 0 amide bonds. The lowest BCUT2D eigenvalue weighted by atomic mass is 9.93. The minimum Gasteiger partial charge on any atom is -0.453 e. The summed E-state index contributed by atoms with van der Waals surface area (Å²) in [6.07, 6.45) is 2.18. The summed E-state index contributed by atoms with van der Waals surface area (Å²) in [4.78, 5) is 12.5. The van der Waals surface area contributed by atoms with Crippen LogP contribution in [0, 0.1) is 6.92 Å². The van der Waals surface area contributed by atoms with Gasteiger partial charge in [0.1, 0.15) is 11.5 Å². The van der Waals surface area contributed by atoms with Crippen LogP contribution in [0.15, 0.2) is 32.8 Å². The van der Waals surface area contributed by atoms with E-state index in [-0.39, 0.29) is 22.5 Å². The van der Waals surface area contributed by atoms with Crippen molar-refractivity contribution in [2.45, 2.75) is 26.2 Å². The standard InChI is InChI=1S/C17H16Cl2N4O3/c1-8-14-11(22-23-17(20)21)3-2-4-13(14)25-15(8)16(24)26-12-6-5-9(18)7-10(12)19/h5-7H,2-4H2,1H3,(H4,20,21,23)/b22-11+. The number of nitrogens with two attached hydrogens (primary N) is 2. The third-order valence-corrected chi connectivity index (χ3v) is 4.42. The van der Waals surface area contributed by atoms with Gasteiger partial charge in [-0.25, -0.2) is 4.79 Å². The van der Waals surface area contributed by atoms with Gasteiger partial charge in [-0.1, -0.05) is 23.2 Å². The maximum absolute atomic E-state index is 12.5. The molecule has 0 atom stereocenters. The molecule has 0 bridgehead atoms. The molecule has 2 aromatic rings. The first kappa shape index (κ1) is 18.3. The Morgan fingerprint density at radius 1 is 1.27 bits per heavy atom. The maximum Gasteiger partial charge on any atom is 0.379 e. The van der Waals surface area contributed by atoms with E-state index in [1.165, 1.54) is 12.1 Å². The largest absolute Gasteiger partial charge is 0.453 e. The molecule has 0 aliphatic heterocycles. The number of aryl methyl sites for hydroxylation is 1. The van der Waals surface area contributed by atoms with E-state index in [4.69, 9.17) is 43.8 Å². The van der Waals surface area contributed by atoms with Crippen molar-refractivity contribution in [3.05, 3.63) is 50.9 Å². The fourth-order valence-electron chi connectivity index (χ4n) is 2.79. The summed E-state index contributed by atoms with van der Waals surface area (Å²) in [6.45, 7) is 1.76. The number of carbonyl (C=O) groups is 1. The number of ether oxygens (including phenoxy) is 1. The van der Waals surface area contributed by atoms with Gasteiger partial charge in [-0.15, -0.1) is 5.10 Å². The third-order valence-electron chi connectivity index (χ3n) is 3.89. The van der Waals surface area contributed by atoms with Crippen LogP contribution in [0.1, 0.15) is 40.3 Å². The van der Waals surface area contributed by atoms with E-state index in [9.17, 15) is 4.79 Å². The number of esters is 1. The van der Waals surface area contributed by atoms with E-state index < -0.39 is 5.97 Å². The second-order valence-electron chi connectivity index (χ2n) is 5.74. The molecule has 0 spiro atoms. The van der Waals surface area contributed by atoms with Gasteiger partial charge in [0, 0.05) is 22.6 Å². The smallest absolute Gasteiger partial charge is 0.379 e. The van der Waals surface area contributed by atoms with Gasteiger partial charge in [0.15, 0.2) is 0 Å². The molecule has 1 aromatic heterocycles. The van der Waals surface area contributed by atoms with Crippen LogP contribution in [0.5, 0.6) is 5.75 Å². The lowest BCUT2D eigenvalue weighted by molar-refractivity contribution is 0.0698. The monoisotopic (exact) mass is 394 g/mol. The van der Waals surface area contributed by atoms with E-state index in [0.717, 1.165) is 12.0 Å². The van der Waals surface area contributed by atoms with Gasteiger partial charge in [-0.05, 0) is 38.0 Å². The second-order valence-corrected chi connectivity index (χ2v) is 6.59. The summed E-state index contributed by atoms with van der Waals surface area (Å²) in [6, 6.07) is 4.59. The first-order chi connectivity index (χ1) is 12.4. The Balaban J connectivity index is 1.93. The number of halogens is 2. The first-order valence-electron chi connectivity index (χ1n) is 7.82. The molecule has 0 fully saturated rings. The molecular weight excluding hydrogens is 379 g/mol. The van der Waals surface area contributed by atoms with Crippen molar-refractivity contribution in [2.24, 2.45) is 21.7 Å². The predicted octanol–water partition coefficient (Wildman–Crippen LogP) is 3.43. The van der Waals surface area contributed by atoms with Crippen molar-refractivity contribution in [3.8, 4) is 5.75 Å². The highest BCUT2D eigenvalue weighted by Crippen LogP contribution is 2.32. The summed E-state index contributed by atoms with van der Waals surface area (Å²) in [5.74, 6) is 0.169. The molecule has 0 unspecified atom stereocenters. The number of furan rings is 1. The summed E-state index contributed by atoms with van der Waals surface area (Å²) < 4.78 is 11.1. The minimum absolute atomic E-state index is 0.0975. The highest BCUT2D eigenvalue weighted by molar-refractivity contribution is 6.35. The van der Waals surface area contributed by atoms with Crippen molar-refractivity contribution in [2.75, 3.05) is 0 Å². The van der Waals surface area contributed by atoms with Crippen LogP contribution in [0.25, 0.3) is 0 Å². The number of benzene rings is 1. The molecule has 7 nitrogen and oxygen atoms in total. The molecular formula is C17H16Cl2N4O3. The number of fused-ring (bicyclic) bond motifs is 1. The SMILES string of the molecule is Cc1c(C(=O)Oc2ccc(Cl)cc2Cl)oc2c1/C(=N/N=C(N)N)CCC2. The van der Waals surface area contributed by atoms with Crippen LogP contribution in [0.4, 0.5) is 0 Å². The van der Waals surface area contributed by atoms with Crippen LogP contribution in [0.2, 0.25) is 10.0 Å². The number of hydrogen-bond acceptors (Lipinski definition) is 5. The van der Waals surface area contributed by atoms with Gasteiger partial charge in [-0.2, -0.15) is 5.10 Å². The van der Waals surface area contributed by atoms with Gasteiger partial charge in [0.25, 0.3) is 0 Å². The van der Waals surface area contributed by atoms with Gasteiger partial charge in [0.05, 0.1) is 10.7 Å². The van der Waals surface area contributed by atoms with Crippen LogP contribution in [0.3, 0.4) is 0 Å². The number of rotatable bonds is 3. The van der Waals surface area contributed by atoms with E-state index in [2.05, 4.69) is 10.2 Å². The lowest BCUT2D eigenvalue weighted by Gasteiger charge is -2.11. The predicted molar refractivity (Wildman–Crippen MR) is 100 cm³/mol. The zero-order valence-electron chi connectivity index (χ0n) is 13.9. The zero-order chi connectivity index (χ0) is 18.8. The first-order valence-corrected chi connectivity index (χ1v) is 8.57. The van der Waals surface area contributed by atoms with Gasteiger partial charge in [0.2, 0.25) is 11.7 Å². The Morgan fingerprint density at radius 3 is 2.73 bits per heavy atom. The van der Waals surface area contributed by atoms with E-state index in [0.29, 0.717) is 34.9 Å². The van der Waals surface area contributed by atoms with Gasteiger partial charge in [-0.3, -0.25) is 0 Å². The molecule has 136 valence electrons. The van der Waals surface area contributed by atoms with Crippen LogP contribution < -0.4 is 16.2 Å². The van der Waals surface area contributed by atoms with Crippen molar-refractivity contribution in [1.29, 1.82) is 0 Å².